The molecule has 1 amide bonds. The zero-order valence-electron chi connectivity index (χ0n) is 12.0. The van der Waals surface area contributed by atoms with Gasteiger partial charge in [-0.25, -0.2) is 0 Å². The van der Waals surface area contributed by atoms with E-state index in [4.69, 9.17) is 17.3 Å². The molecular formula is C14H19Cl2N3O3. The van der Waals surface area contributed by atoms with E-state index in [1.54, 1.807) is 11.0 Å². The number of piperidine rings is 1. The van der Waals surface area contributed by atoms with Gasteiger partial charge in [-0.1, -0.05) is 17.7 Å². The summed E-state index contributed by atoms with van der Waals surface area (Å²) in [6.45, 7) is 1.17. The molecule has 0 spiro atoms. The SMILES string of the molecule is Cl.NCC1CCCCN1C(=O)Cc1ccc([N+](=O)[O-])cc1Cl. The number of nitro benzene ring substituents is 1. The third-order valence-corrected chi connectivity index (χ3v) is 4.16. The second kappa shape index (κ2) is 8.31. The van der Waals surface area contributed by atoms with Gasteiger partial charge in [0.15, 0.2) is 0 Å². The number of benzene rings is 1. The van der Waals surface area contributed by atoms with Crippen molar-refractivity contribution in [2.75, 3.05) is 13.1 Å². The fourth-order valence-electron chi connectivity index (χ4n) is 2.63. The second-order valence-electron chi connectivity index (χ2n) is 5.18. The molecule has 0 aromatic heterocycles. The van der Waals surface area contributed by atoms with Crippen LogP contribution in [0.2, 0.25) is 5.02 Å². The minimum atomic E-state index is -0.507. The molecule has 0 saturated carbocycles. The molecule has 1 heterocycles. The first-order valence-corrected chi connectivity index (χ1v) is 7.33. The van der Waals surface area contributed by atoms with Crippen LogP contribution in [-0.2, 0) is 11.2 Å². The molecule has 1 aliphatic heterocycles. The Hall–Kier alpha value is -1.37. The molecule has 2 N–H and O–H groups in total. The smallest absolute Gasteiger partial charge is 0.270 e. The lowest BCUT2D eigenvalue weighted by molar-refractivity contribution is -0.384. The summed E-state index contributed by atoms with van der Waals surface area (Å²) in [6.07, 6.45) is 3.14. The van der Waals surface area contributed by atoms with Crippen molar-refractivity contribution < 1.29 is 9.72 Å². The molecule has 8 heteroatoms. The molecule has 22 heavy (non-hydrogen) atoms. The molecule has 1 atom stereocenters. The molecule has 1 aromatic rings. The lowest BCUT2D eigenvalue weighted by Gasteiger charge is -2.35. The Morgan fingerprint density at radius 1 is 1.45 bits per heavy atom. The van der Waals surface area contributed by atoms with Gasteiger partial charge >= 0.3 is 0 Å². The Balaban J connectivity index is 0.00000242. The summed E-state index contributed by atoms with van der Waals surface area (Å²) in [5, 5.41) is 10.9. The van der Waals surface area contributed by atoms with Crippen LogP contribution in [0.1, 0.15) is 24.8 Å². The number of carbonyl (C=O) groups is 1. The van der Waals surface area contributed by atoms with Crippen molar-refractivity contribution in [3.8, 4) is 0 Å². The Labute approximate surface area is 140 Å². The summed E-state index contributed by atoms with van der Waals surface area (Å²) in [5.74, 6) is -0.0269. The zero-order valence-corrected chi connectivity index (χ0v) is 13.6. The van der Waals surface area contributed by atoms with Crippen LogP contribution in [0.5, 0.6) is 0 Å². The Kier molecular flexibility index (Phi) is 7.06. The first-order valence-electron chi connectivity index (χ1n) is 6.95. The van der Waals surface area contributed by atoms with Crippen LogP contribution >= 0.6 is 24.0 Å². The Morgan fingerprint density at radius 2 is 2.18 bits per heavy atom. The van der Waals surface area contributed by atoms with Crippen molar-refractivity contribution in [1.29, 1.82) is 0 Å². The van der Waals surface area contributed by atoms with Gasteiger partial charge in [-0.15, -0.1) is 12.4 Å². The number of carbonyl (C=O) groups excluding carboxylic acids is 1. The number of nitrogens with two attached hydrogens (primary N) is 1. The van der Waals surface area contributed by atoms with E-state index in [1.807, 2.05) is 0 Å². The van der Waals surface area contributed by atoms with Gasteiger partial charge in [-0.2, -0.15) is 0 Å². The highest BCUT2D eigenvalue weighted by Crippen LogP contribution is 2.24. The summed E-state index contributed by atoms with van der Waals surface area (Å²) >= 11 is 6.03. The molecule has 1 saturated heterocycles. The maximum absolute atomic E-state index is 12.4. The number of nitro groups is 1. The molecule has 6 nitrogen and oxygen atoms in total. The maximum atomic E-state index is 12.4. The van der Waals surface area contributed by atoms with Crippen LogP contribution in [0.4, 0.5) is 5.69 Å². The van der Waals surface area contributed by atoms with Gasteiger partial charge < -0.3 is 10.6 Å². The van der Waals surface area contributed by atoms with Crippen LogP contribution in [-0.4, -0.2) is 34.9 Å². The molecule has 2 rings (SSSR count). The molecule has 1 aromatic carbocycles. The van der Waals surface area contributed by atoms with Gasteiger partial charge in [-0.3, -0.25) is 14.9 Å². The largest absolute Gasteiger partial charge is 0.338 e. The maximum Gasteiger partial charge on any atom is 0.270 e. The van der Waals surface area contributed by atoms with Gasteiger partial charge in [0, 0.05) is 31.3 Å². The standard InChI is InChI=1S/C14H18ClN3O3.ClH/c15-13-8-11(18(20)21)5-4-10(13)7-14(19)17-6-2-1-3-12(17)9-16;/h4-5,8,12H,1-3,6-7,9,16H2;1H. The highest BCUT2D eigenvalue weighted by atomic mass is 35.5. The Morgan fingerprint density at radius 3 is 2.77 bits per heavy atom. The average molecular weight is 348 g/mol. The molecule has 1 unspecified atom stereocenters. The van der Waals surface area contributed by atoms with Crippen molar-refractivity contribution in [3.63, 3.8) is 0 Å². The monoisotopic (exact) mass is 347 g/mol. The van der Waals surface area contributed by atoms with E-state index in [-0.39, 0.29) is 41.5 Å². The van der Waals surface area contributed by atoms with Crippen molar-refractivity contribution in [2.45, 2.75) is 31.7 Å². The predicted octanol–water partition coefficient (Wildman–Crippen LogP) is 2.55. The number of hydrogen-bond donors (Lipinski definition) is 1. The second-order valence-corrected chi connectivity index (χ2v) is 5.59. The van der Waals surface area contributed by atoms with Crippen LogP contribution in [0, 0.1) is 10.1 Å². The zero-order chi connectivity index (χ0) is 15.4. The normalized spacial score (nSPS) is 17.7. The van der Waals surface area contributed by atoms with Gasteiger partial charge in [0.25, 0.3) is 5.69 Å². The average Bonchev–Trinajstić information content (AvgIpc) is 2.48. The summed E-state index contributed by atoms with van der Waals surface area (Å²) in [7, 11) is 0. The third kappa shape index (κ3) is 4.32. The molecule has 0 radical (unpaired) electrons. The number of hydrogen-bond acceptors (Lipinski definition) is 4. The number of non-ortho nitro benzene ring substituents is 1. The van der Waals surface area contributed by atoms with Gasteiger partial charge in [-0.05, 0) is 24.8 Å². The van der Waals surface area contributed by atoms with Gasteiger partial charge in [0.05, 0.1) is 16.4 Å². The summed E-state index contributed by atoms with van der Waals surface area (Å²) in [6, 6.07) is 4.27. The van der Waals surface area contributed by atoms with E-state index in [0.29, 0.717) is 18.7 Å². The molecule has 1 aliphatic rings. The molecule has 122 valence electrons. The number of rotatable bonds is 4. The number of likely N-dealkylation sites (tertiary alicyclic amines) is 1. The predicted molar refractivity (Wildman–Crippen MR) is 87.5 cm³/mol. The fourth-order valence-corrected chi connectivity index (χ4v) is 2.87. The summed E-state index contributed by atoms with van der Waals surface area (Å²) < 4.78 is 0. The quantitative estimate of drug-likeness (QED) is 0.669. The highest BCUT2D eigenvalue weighted by molar-refractivity contribution is 6.31. The number of amides is 1. The topological polar surface area (TPSA) is 89.5 Å². The Bertz CT molecular complexity index is 554. The van der Waals surface area contributed by atoms with E-state index < -0.39 is 4.92 Å². The van der Waals surface area contributed by atoms with Crippen molar-refractivity contribution >= 4 is 35.6 Å². The first kappa shape index (κ1) is 18.7. The van der Waals surface area contributed by atoms with Crippen LogP contribution in [0.15, 0.2) is 18.2 Å². The van der Waals surface area contributed by atoms with E-state index >= 15 is 0 Å². The minimum absolute atomic E-state index is 0. The van der Waals surface area contributed by atoms with Crippen LogP contribution in [0.3, 0.4) is 0 Å². The molecule has 1 fully saturated rings. The van der Waals surface area contributed by atoms with Crippen molar-refractivity contribution in [2.24, 2.45) is 5.73 Å². The van der Waals surface area contributed by atoms with E-state index in [0.717, 1.165) is 19.3 Å². The van der Waals surface area contributed by atoms with Crippen molar-refractivity contribution in [1.82, 2.24) is 4.90 Å². The lowest BCUT2D eigenvalue weighted by Crippen LogP contribution is -2.48. The summed E-state index contributed by atoms with van der Waals surface area (Å²) in [5.41, 5.74) is 6.24. The van der Waals surface area contributed by atoms with Gasteiger partial charge in [0.2, 0.25) is 5.91 Å². The third-order valence-electron chi connectivity index (χ3n) is 3.81. The molecule has 0 bridgehead atoms. The van der Waals surface area contributed by atoms with Crippen LogP contribution in [0.25, 0.3) is 0 Å². The lowest BCUT2D eigenvalue weighted by atomic mass is 10.0. The number of halogens is 2. The minimum Gasteiger partial charge on any atom is -0.338 e. The fraction of sp³-hybridized carbons (Fsp3) is 0.500. The molecule has 0 aliphatic carbocycles. The number of nitrogens with zero attached hydrogens (tertiary/aromatic N) is 2. The van der Waals surface area contributed by atoms with Crippen molar-refractivity contribution in [3.05, 3.63) is 38.9 Å². The highest BCUT2D eigenvalue weighted by Gasteiger charge is 2.26. The summed E-state index contributed by atoms with van der Waals surface area (Å²) in [4.78, 5) is 24.4. The first-order chi connectivity index (χ1) is 10.0. The van der Waals surface area contributed by atoms with E-state index in [1.165, 1.54) is 12.1 Å². The van der Waals surface area contributed by atoms with E-state index in [2.05, 4.69) is 0 Å². The van der Waals surface area contributed by atoms with Crippen LogP contribution < -0.4 is 5.73 Å². The van der Waals surface area contributed by atoms with E-state index in [9.17, 15) is 14.9 Å². The van der Waals surface area contributed by atoms with Gasteiger partial charge in [0.1, 0.15) is 0 Å². The molecular weight excluding hydrogens is 329 g/mol.